The van der Waals surface area contributed by atoms with Gasteiger partial charge in [0, 0.05) is 12.1 Å². The molecule has 0 saturated heterocycles. The second kappa shape index (κ2) is 12.3. The van der Waals surface area contributed by atoms with Crippen LogP contribution in [0.15, 0.2) is 36.4 Å². The zero-order chi connectivity index (χ0) is 25.3. The third kappa shape index (κ3) is 7.27. The van der Waals surface area contributed by atoms with Gasteiger partial charge in [0.05, 0.1) is 25.5 Å². The summed E-state index contributed by atoms with van der Waals surface area (Å²) in [6.07, 6.45) is -1.22. The molecule has 2 aromatic carbocycles. The molecule has 0 heterocycles. The number of hydrogen-bond donors (Lipinski definition) is 3. The SMILES string of the molecule is CNC(=O)NC(=O)C(C)OC(=O)c1ccc(OCC(=O)Nc2cc(Cl)ccc2OC)c(OC)c1. The van der Waals surface area contributed by atoms with Gasteiger partial charge in [0.25, 0.3) is 11.8 Å². The van der Waals surface area contributed by atoms with E-state index in [0.717, 1.165) is 0 Å². The van der Waals surface area contributed by atoms with Crippen LogP contribution in [-0.4, -0.2) is 57.8 Å². The number of carbonyl (C=O) groups excluding carboxylic acids is 4. The van der Waals surface area contributed by atoms with Crippen LogP contribution in [0, 0.1) is 0 Å². The average molecular weight is 494 g/mol. The topological polar surface area (TPSA) is 141 Å². The first-order chi connectivity index (χ1) is 16.2. The summed E-state index contributed by atoms with van der Waals surface area (Å²) >= 11 is 5.96. The largest absolute Gasteiger partial charge is 0.495 e. The van der Waals surface area contributed by atoms with Crippen molar-refractivity contribution in [2.45, 2.75) is 13.0 Å². The first kappa shape index (κ1) is 26.3. The second-order valence-corrected chi connectivity index (χ2v) is 7.10. The van der Waals surface area contributed by atoms with E-state index < -0.39 is 29.9 Å². The van der Waals surface area contributed by atoms with E-state index in [2.05, 4.69) is 10.6 Å². The van der Waals surface area contributed by atoms with E-state index in [-0.39, 0.29) is 23.7 Å². The van der Waals surface area contributed by atoms with Crippen LogP contribution < -0.4 is 30.2 Å². The van der Waals surface area contributed by atoms with Crippen LogP contribution in [0.3, 0.4) is 0 Å². The molecule has 1 unspecified atom stereocenters. The highest BCUT2D eigenvalue weighted by molar-refractivity contribution is 6.31. The van der Waals surface area contributed by atoms with Crippen molar-refractivity contribution in [2.24, 2.45) is 0 Å². The molecule has 3 N–H and O–H groups in total. The second-order valence-electron chi connectivity index (χ2n) is 6.66. The first-order valence-corrected chi connectivity index (χ1v) is 10.2. The Morgan fingerprint density at radius 2 is 1.65 bits per heavy atom. The van der Waals surface area contributed by atoms with E-state index in [0.29, 0.717) is 16.5 Å². The van der Waals surface area contributed by atoms with Gasteiger partial charge < -0.3 is 29.6 Å². The number of halogens is 1. The molecule has 34 heavy (non-hydrogen) atoms. The predicted octanol–water partition coefficient (Wildman–Crippen LogP) is 2.38. The van der Waals surface area contributed by atoms with Crippen LogP contribution in [0.5, 0.6) is 17.2 Å². The third-order valence-corrected chi connectivity index (χ3v) is 4.55. The summed E-state index contributed by atoms with van der Waals surface area (Å²) < 4.78 is 21.0. The molecule has 12 heteroatoms. The molecule has 2 rings (SSSR count). The molecule has 0 aliphatic carbocycles. The molecule has 4 amide bonds. The van der Waals surface area contributed by atoms with Gasteiger partial charge in [0.1, 0.15) is 5.75 Å². The van der Waals surface area contributed by atoms with Gasteiger partial charge in [-0.2, -0.15) is 0 Å². The van der Waals surface area contributed by atoms with Gasteiger partial charge in [-0.1, -0.05) is 11.6 Å². The summed E-state index contributed by atoms with van der Waals surface area (Å²) in [6.45, 7) is 0.949. The highest BCUT2D eigenvalue weighted by Gasteiger charge is 2.21. The molecule has 182 valence electrons. The van der Waals surface area contributed by atoms with Crippen LogP contribution in [0.2, 0.25) is 5.02 Å². The van der Waals surface area contributed by atoms with Crippen LogP contribution in [0.4, 0.5) is 10.5 Å². The number of urea groups is 1. The van der Waals surface area contributed by atoms with E-state index in [9.17, 15) is 19.2 Å². The lowest BCUT2D eigenvalue weighted by atomic mass is 10.2. The Morgan fingerprint density at radius 3 is 2.29 bits per heavy atom. The normalized spacial score (nSPS) is 11.0. The number of rotatable bonds is 9. The molecule has 11 nitrogen and oxygen atoms in total. The fraction of sp³-hybridized carbons (Fsp3) is 0.273. The quantitative estimate of drug-likeness (QED) is 0.452. The predicted molar refractivity (Wildman–Crippen MR) is 123 cm³/mol. The van der Waals surface area contributed by atoms with Gasteiger partial charge in [-0.25, -0.2) is 9.59 Å². The lowest BCUT2D eigenvalue weighted by Crippen LogP contribution is -2.43. The summed E-state index contributed by atoms with van der Waals surface area (Å²) in [5, 5.41) is 7.28. The zero-order valence-electron chi connectivity index (χ0n) is 18.9. The minimum atomic E-state index is -1.22. The number of ether oxygens (including phenoxy) is 4. The Morgan fingerprint density at radius 1 is 0.971 bits per heavy atom. The lowest BCUT2D eigenvalue weighted by molar-refractivity contribution is -0.127. The fourth-order valence-electron chi connectivity index (χ4n) is 2.58. The summed E-state index contributed by atoms with van der Waals surface area (Å²) in [7, 11) is 4.16. The van der Waals surface area contributed by atoms with Crippen molar-refractivity contribution >= 4 is 41.1 Å². The van der Waals surface area contributed by atoms with E-state index in [1.807, 2.05) is 5.32 Å². The van der Waals surface area contributed by atoms with E-state index in [1.54, 1.807) is 12.1 Å². The van der Waals surface area contributed by atoms with E-state index in [4.69, 9.17) is 30.5 Å². The molecule has 2 aromatic rings. The summed E-state index contributed by atoms with van der Waals surface area (Å²) in [6, 6.07) is 8.17. The number of anilines is 1. The number of imide groups is 1. The third-order valence-electron chi connectivity index (χ3n) is 4.31. The van der Waals surface area contributed by atoms with Crippen molar-refractivity contribution < 1.29 is 38.1 Å². The van der Waals surface area contributed by atoms with Crippen molar-refractivity contribution in [3.63, 3.8) is 0 Å². The minimum Gasteiger partial charge on any atom is -0.495 e. The fourth-order valence-corrected chi connectivity index (χ4v) is 2.75. The highest BCUT2D eigenvalue weighted by Crippen LogP contribution is 2.30. The maximum atomic E-state index is 12.4. The summed E-state index contributed by atoms with van der Waals surface area (Å²) in [5.41, 5.74) is 0.445. The molecule has 0 bridgehead atoms. The standard InChI is InChI=1S/C22H24ClN3O8/c1-12(20(28)26-22(30)24-2)34-21(29)13-5-7-17(18(9-13)32-4)33-11-19(27)25-15-10-14(23)6-8-16(15)31-3/h5-10,12H,11H2,1-4H3,(H,25,27)(H2,24,26,28,30). The summed E-state index contributed by atoms with van der Waals surface area (Å²) in [5.74, 6) is -1.32. The molecule has 0 spiro atoms. The van der Waals surface area contributed by atoms with Crippen molar-refractivity contribution in [1.29, 1.82) is 0 Å². The smallest absolute Gasteiger partial charge is 0.339 e. The maximum absolute atomic E-state index is 12.4. The molecule has 0 saturated carbocycles. The average Bonchev–Trinajstić information content (AvgIpc) is 2.82. The number of benzene rings is 2. The van der Waals surface area contributed by atoms with Gasteiger partial charge in [-0.3, -0.25) is 14.9 Å². The van der Waals surface area contributed by atoms with Crippen LogP contribution in [0.1, 0.15) is 17.3 Å². The number of esters is 1. The number of nitrogens with one attached hydrogen (secondary N) is 3. The van der Waals surface area contributed by atoms with Crippen LogP contribution in [-0.2, 0) is 14.3 Å². The van der Waals surface area contributed by atoms with Gasteiger partial charge >= 0.3 is 12.0 Å². The molecule has 0 aromatic heterocycles. The van der Waals surface area contributed by atoms with Crippen molar-refractivity contribution in [1.82, 2.24) is 10.6 Å². The zero-order valence-corrected chi connectivity index (χ0v) is 19.6. The maximum Gasteiger partial charge on any atom is 0.339 e. The van der Waals surface area contributed by atoms with Crippen LogP contribution >= 0.6 is 11.6 Å². The number of methoxy groups -OCH3 is 2. The van der Waals surface area contributed by atoms with Crippen molar-refractivity contribution in [3.05, 3.63) is 47.0 Å². The molecule has 0 fully saturated rings. The Balaban J connectivity index is 2.01. The molecule has 1 atom stereocenters. The lowest BCUT2D eigenvalue weighted by Gasteiger charge is -2.15. The first-order valence-electron chi connectivity index (χ1n) is 9.86. The molecule has 0 aliphatic heterocycles. The Labute approximate surface area is 200 Å². The van der Waals surface area contributed by atoms with E-state index in [1.165, 1.54) is 52.5 Å². The molecular weight excluding hydrogens is 470 g/mol. The van der Waals surface area contributed by atoms with Crippen LogP contribution in [0.25, 0.3) is 0 Å². The molecule has 0 aliphatic rings. The Kier molecular flexibility index (Phi) is 9.50. The van der Waals surface area contributed by atoms with Gasteiger partial charge in [-0.05, 0) is 43.3 Å². The Bertz CT molecular complexity index is 1080. The van der Waals surface area contributed by atoms with Gasteiger partial charge in [0.2, 0.25) is 0 Å². The van der Waals surface area contributed by atoms with Crippen molar-refractivity contribution in [2.75, 3.05) is 33.2 Å². The van der Waals surface area contributed by atoms with E-state index >= 15 is 0 Å². The minimum absolute atomic E-state index is 0.0666. The van der Waals surface area contributed by atoms with Gasteiger partial charge in [-0.15, -0.1) is 0 Å². The van der Waals surface area contributed by atoms with Crippen molar-refractivity contribution in [3.8, 4) is 17.2 Å². The highest BCUT2D eigenvalue weighted by atomic mass is 35.5. The monoisotopic (exact) mass is 493 g/mol. The summed E-state index contributed by atoms with van der Waals surface area (Å²) in [4.78, 5) is 47.7. The number of carbonyl (C=O) groups is 4. The Hall–Kier alpha value is -3.99. The number of amides is 4. The molecular formula is C22H24ClN3O8. The molecule has 0 radical (unpaired) electrons. The van der Waals surface area contributed by atoms with Gasteiger partial charge in [0.15, 0.2) is 24.2 Å². The number of hydrogen-bond acceptors (Lipinski definition) is 8.